The van der Waals surface area contributed by atoms with Gasteiger partial charge in [-0.15, -0.1) is 0 Å². The Morgan fingerprint density at radius 2 is 1.79 bits per heavy atom. The van der Waals surface area contributed by atoms with Crippen molar-refractivity contribution in [2.75, 3.05) is 13.7 Å². The van der Waals surface area contributed by atoms with Crippen LogP contribution < -0.4 is 0 Å². The van der Waals surface area contributed by atoms with E-state index in [2.05, 4.69) is 9.64 Å². The zero-order valence-electron chi connectivity index (χ0n) is 14.2. The van der Waals surface area contributed by atoms with E-state index in [1.165, 1.54) is 32.8 Å². The molecule has 1 saturated carbocycles. The molecule has 0 aromatic heterocycles. The molecule has 1 aromatic rings. The highest BCUT2D eigenvalue weighted by Gasteiger charge is 2.34. The van der Waals surface area contributed by atoms with Crippen LogP contribution in [0.4, 0.5) is 0 Å². The number of piperidine rings is 1. The summed E-state index contributed by atoms with van der Waals surface area (Å²) in [5.74, 6) is 0.464. The third kappa shape index (κ3) is 3.69. The van der Waals surface area contributed by atoms with Gasteiger partial charge in [-0.3, -0.25) is 4.79 Å². The summed E-state index contributed by atoms with van der Waals surface area (Å²) < 4.78 is 4.69. The Bertz CT molecular complexity index is 618. The molecule has 24 heavy (non-hydrogen) atoms. The molecular weight excluding hydrogens is 302 g/mol. The Labute approximate surface area is 143 Å². The van der Waals surface area contributed by atoms with E-state index in [4.69, 9.17) is 0 Å². The fourth-order valence-electron chi connectivity index (χ4n) is 4.01. The predicted octanol–water partition coefficient (Wildman–Crippen LogP) is 3.67. The second kappa shape index (κ2) is 7.65. The summed E-state index contributed by atoms with van der Waals surface area (Å²) >= 11 is 0. The van der Waals surface area contributed by atoms with Gasteiger partial charge >= 0.3 is 5.97 Å². The van der Waals surface area contributed by atoms with Crippen molar-refractivity contribution in [3.8, 4) is 0 Å². The van der Waals surface area contributed by atoms with Gasteiger partial charge in [-0.1, -0.05) is 25.0 Å². The average Bonchev–Trinajstić information content (AvgIpc) is 2.65. The molecule has 1 saturated heterocycles. The van der Waals surface area contributed by atoms with Gasteiger partial charge in [-0.2, -0.15) is 0 Å². The molecule has 1 aromatic carbocycles. The van der Waals surface area contributed by atoms with Gasteiger partial charge in [-0.25, -0.2) is 4.79 Å². The number of amides is 1. The number of nitrogens with zero attached hydrogens (tertiary/aromatic N) is 1. The minimum atomic E-state index is -0.349. The zero-order valence-corrected chi connectivity index (χ0v) is 14.2. The highest BCUT2D eigenvalue weighted by Crippen LogP contribution is 2.35. The normalized spacial score (nSPS) is 23.8. The number of hydrogen-bond donors (Lipinski definition) is 0. The van der Waals surface area contributed by atoms with Crippen LogP contribution >= 0.6 is 0 Å². The van der Waals surface area contributed by atoms with Crippen molar-refractivity contribution < 1.29 is 14.3 Å². The molecule has 1 amide bonds. The van der Waals surface area contributed by atoms with Gasteiger partial charge in [0.2, 0.25) is 5.91 Å². The van der Waals surface area contributed by atoms with Crippen LogP contribution in [0.5, 0.6) is 0 Å². The van der Waals surface area contributed by atoms with Crippen LogP contribution in [0.3, 0.4) is 0 Å². The second-order valence-corrected chi connectivity index (χ2v) is 6.73. The first-order valence-electron chi connectivity index (χ1n) is 8.86. The van der Waals surface area contributed by atoms with Crippen molar-refractivity contribution in [1.82, 2.24) is 4.90 Å². The van der Waals surface area contributed by atoms with E-state index in [-0.39, 0.29) is 11.9 Å². The van der Waals surface area contributed by atoms with Crippen molar-refractivity contribution in [3.05, 3.63) is 41.5 Å². The Kier molecular flexibility index (Phi) is 5.34. The summed E-state index contributed by atoms with van der Waals surface area (Å²) in [5, 5.41) is 0. The van der Waals surface area contributed by atoms with E-state index in [0.29, 0.717) is 17.5 Å². The van der Waals surface area contributed by atoms with E-state index in [9.17, 15) is 9.59 Å². The van der Waals surface area contributed by atoms with Crippen molar-refractivity contribution in [3.63, 3.8) is 0 Å². The van der Waals surface area contributed by atoms with Crippen molar-refractivity contribution in [1.29, 1.82) is 0 Å². The van der Waals surface area contributed by atoms with Gasteiger partial charge in [0.05, 0.1) is 12.7 Å². The summed E-state index contributed by atoms with van der Waals surface area (Å²) in [6.07, 6.45) is 10.9. The van der Waals surface area contributed by atoms with E-state index in [1.807, 2.05) is 18.2 Å². The van der Waals surface area contributed by atoms with E-state index in [1.54, 1.807) is 18.2 Å². The number of carbonyl (C=O) groups excluding carboxylic acids is 2. The maximum atomic E-state index is 12.6. The number of ether oxygens (including phenoxy) is 1. The third-order valence-corrected chi connectivity index (χ3v) is 5.28. The highest BCUT2D eigenvalue weighted by molar-refractivity contribution is 5.92. The molecule has 0 radical (unpaired) electrons. The summed E-state index contributed by atoms with van der Waals surface area (Å²) in [7, 11) is 1.37. The number of likely N-dealkylation sites (tertiary alicyclic amines) is 1. The number of methoxy groups -OCH3 is 1. The number of esters is 1. The SMILES string of the molecule is COC(=O)c1ccc(/C=C/C(=O)N2CCCC3CCCCC32)cc1. The fraction of sp³-hybridized carbons (Fsp3) is 0.500. The first-order valence-corrected chi connectivity index (χ1v) is 8.86. The molecule has 3 rings (SSSR count). The van der Waals surface area contributed by atoms with Gasteiger partial charge < -0.3 is 9.64 Å². The molecule has 1 aliphatic carbocycles. The summed E-state index contributed by atoms with van der Waals surface area (Å²) in [6, 6.07) is 7.53. The fourth-order valence-corrected chi connectivity index (χ4v) is 4.01. The molecule has 2 fully saturated rings. The molecule has 0 N–H and O–H groups in total. The summed E-state index contributed by atoms with van der Waals surface area (Å²) in [4.78, 5) is 26.1. The van der Waals surface area contributed by atoms with Crippen LogP contribution in [0.25, 0.3) is 6.08 Å². The zero-order chi connectivity index (χ0) is 16.9. The number of benzene rings is 1. The number of carbonyl (C=O) groups is 2. The van der Waals surface area contributed by atoms with Gasteiger partial charge in [0.25, 0.3) is 0 Å². The van der Waals surface area contributed by atoms with Crippen LogP contribution in [0.15, 0.2) is 30.3 Å². The lowest BCUT2D eigenvalue weighted by Crippen LogP contribution is -2.49. The summed E-state index contributed by atoms with van der Waals surface area (Å²) in [5.41, 5.74) is 1.43. The summed E-state index contributed by atoms with van der Waals surface area (Å²) in [6.45, 7) is 0.881. The van der Waals surface area contributed by atoms with Gasteiger partial charge in [0, 0.05) is 18.7 Å². The lowest BCUT2D eigenvalue weighted by atomic mass is 9.78. The number of rotatable bonds is 3. The Balaban J connectivity index is 1.65. The van der Waals surface area contributed by atoms with Crippen molar-refractivity contribution in [2.24, 2.45) is 5.92 Å². The largest absolute Gasteiger partial charge is 0.465 e. The maximum absolute atomic E-state index is 12.6. The first-order chi connectivity index (χ1) is 11.7. The quantitative estimate of drug-likeness (QED) is 0.628. The molecule has 0 spiro atoms. The molecule has 4 nitrogen and oxygen atoms in total. The van der Waals surface area contributed by atoms with Gasteiger partial charge in [-0.05, 0) is 55.4 Å². The first kappa shape index (κ1) is 16.7. The molecule has 4 heteroatoms. The maximum Gasteiger partial charge on any atom is 0.337 e. The smallest absolute Gasteiger partial charge is 0.337 e. The van der Waals surface area contributed by atoms with Gasteiger partial charge in [0.1, 0.15) is 0 Å². The van der Waals surface area contributed by atoms with Crippen LogP contribution in [0.2, 0.25) is 0 Å². The van der Waals surface area contributed by atoms with Crippen LogP contribution in [-0.2, 0) is 9.53 Å². The standard InChI is InChI=1S/C20H25NO3/c1-24-20(23)17-11-8-15(9-12-17)10-13-19(22)21-14-4-6-16-5-2-3-7-18(16)21/h8-13,16,18H,2-7,14H2,1H3/b13-10+. The lowest BCUT2D eigenvalue weighted by molar-refractivity contribution is -0.132. The van der Waals surface area contributed by atoms with Crippen LogP contribution in [0, 0.1) is 5.92 Å². The van der Waals surface area contributed by atoms with Gasteiger partial charge in [0.15, 0.2) is 0 Å². The number of hydrogen-bond acceptors (Lipinski definition) is 3. The third-order valence-electron chi connectivity index (χ3n) is 5.28. The molecule has 1 heterocycles. The molecule has 0 bridgehead atoms. The molecular formula is C20H25NO3. The van der Waals surface area contributed by atoms with E-state index < -0.39 is 0 Å². The molecule has 2 aliphatic rings. The molecule has 2 atom stereocenters. The van der Waals surface area contributed by atoms with Crippen molar-refractivity contribution in [2.45, 2.75) is 44.6 Å². The van der Waals surface area contributed by atoms with Crippen LogP contribution in [0.1, 0.15) is 54.4 Å². The Hall–Kier alpha value is -2.10. The molecule has 2 unspecified atom stereocenters. The average molecular weight is 327 g/mol. The lowest BCUT2D eigenvalue weighted by Gasteiger charge is -2.43. The molecule has 128 valence electrons. The minimum Gasteiger partial charge on any atom is -0.465 e. The predicted molar refractivity (Wildman–Crippen MR) is 93.5 cm³/mol. The van der Waals surface area contributed by atoms with Crippen LogP contribution in [-0.4, -0.2) is 36.5 Å². The van der Waals surface area contributed by atoms with E-state index >= 15 is 0 Å². The Morgan fingerprint density at radius 1 is 1.08 bits per heavy atom. The Morgan fingerprint density at radius 3 is 2.54 bits per heavy atom. The molecule has 1 aliphatic heterocycles. The monoisotopic (exact) mass is 327 g/mol. The highest BCUT2D eigenvalue weighted by atomic mass is 16.5. The van der Waals surface area contributed by atoms with E-state index in [0.717, 1.165) is 24.9 Å². The van der Waals surface area contributed by atoms with Crippen molar-refractivity contribution >= 4 is 18.0 Å². The number of fused-ring (bicyclic) bond motifs is 1. The second-order valence-electron chi connectivity index (χ2n) is 6.73. The topological polar surface area (TPSA) is 46.6 Å². The minimum absolute atomic E-state index is 0.114.